The smallest absolute Gasteiger partial charge is 0.128 e. The summed E-state index contributed by atoms with van der Waals surface area (Å²) in [5.41, 5.74) is 7.07. The van der Waals surface area contributed by atoms with Gasteiger partial charge in [-0.3, -0.25) is 4.90 Å². The molecule has 1 aliphatic heterocycles. The zero-order valence-electron chi connectivity index (χ0n) is 12.3. The number of likely N-dealkylation sites (tertiary alicyclic amines) is 1. The van der Waals surface area contributed by atoms with Gasteiger partial charge >= 0.3 is 0 Å². The largest absolute Gasteiger partial charge is 0.360 e. The lowest BCUT2D eigenvalue weighted by atomic mass is 10.1. The molecule has 1 aromatic rings. The molecule has 0 bridgehead atoms. The Balaban J connectivity index is 1.96. The molecule has 4 nitrogen and oxygen atoms in total. The van der Waals surface area contributed by atoms with E-state index in [0.717, 1.165) is 32.0 Å². The summed E-state index contributed by atoms with van der Waals surface area (Å²) in [6.07, 6.45) is 3.23. The predicted octanol–water partition coefficient (Wildman–Crippen LogP) is 1.71. The summed E-state index contributed by atoms with van der Waals surface area (Å²) in [6.45, 7) is 8.32. The highest BCUT2D eigenvalue weighted by molar-refractivity contribution is 5.37. The number of nitrogens with zero attached hydrogens (tertiary/aromatic N) is 3. The Hall–Kier alpha value is -1.13. The van der Waals surface area contributed by atoms with Crippen LogP contribution in [-0.4, -0.2) is 42.6 Å². The topological polar surface area (TPSA) is 45.4 Å². The maximum atomic E-state index is 5.78. The van der Waals surface area contributed by atoms with Crippen molar-refractivity contribution in [3.63, 3.8) is 0 Å². The van der Waals surface area contributed by atoms with E-state index in [4.69, 9.17) is 5.73 Å². The van der Waals surface area contributed by atoms with Gasteiger partial charge in [0.25, 0.3) is 0 Å². The van der Waals surface area contributed by atoms with E-state index in [1.165, 1.54) is 12.0 Å². The van der Waals surface area contributed by atoms with Gasteiger partial charge in [0, 0.05) is 38.9 Å². The highest BCUT2D eigenvalue weighted by atomic mass is 15.2. The van der Waals surface area contributed by atoms with Gasteiger partial charge in [0.2, 0.25) is 0 Å². The van der Waals surface area contributed by atoms with Gasteiger partial charge in [-0.1, -0.05) is 6.07 Å². The van der Waals surface area contributed by atoms with Crippen molar-refractivity contribution in [2.75, 3.05) is 31.6 Å². The van der Waals surface area contributed by atoms with Crippen molar-refractivity contribution >= 4 is 5.82 Å². The van der Waals surface area contributed by atoms with Gasteiger partial charge < -0.3 is 10.6 Å². The molecular formula is C15H26N4. The molecule has 0 radical (unpaired) electrons. The van der Waals surface area contributed by atoms with Crippen molar-refractivity contribution in [2.45, 2.75) is 32.9 Å². The molecule has 19 heavy (non-hydrogen) atoms. The molecule has 2 unspecified atom stereocenters. The Bertz CT molecular complexity index is 390. The third kappa shape index (κ3) is 3.45. The molecule has 0 spiro atoms. The SMILES string of the molecule is CCN(C)c1ccc(CN2CC(CN)CC2C)cn1. The molecule has 2 atom stereocenters. The van der Waals surface area contributed by atoms with Gasteiger partial charge in [-0.2, -0.15) is 0 Å². The van der Waals surface area contributed by atoms with E-state index in [2.05, 4.69) is 47.8 Å². The average molecular weight is 262 g/mol. The second-order valence-electron chi connectivity index (χ2n) is 5.65. The van der Waals surface area contributed by atoms with Gasteiger partial charge in [-0.05, 0) is 44.4 Å². The van der Waals surface area contributed by atoms with Gasteiger partial charge in [-0.15, -0.1) is 0 Å². The molecule has 0 aliphatic carbocycles. The van der Waals surface area contributed by atoms with Gasteiger partial charge in [-0.25, -0.2) is 4.98 Å². The predicted molar refractivity (Wildman–Crippen MR) is 80.2 cm³/mol. The molecule has 1 aliphatic rings. The monoisotopic (exact) mass is 262 g/mol. The minimum absolute atomic E-state index is 0.631. The number of pyridine rings is 1. The molecule has 1 fully saturated rings. The molecule has 2 rings (SSSR count). The summed E-state index contributed by atoms with van der Waals surface area (Å²) < 4.78 is 0. The van der Waals surface area contributed by atoms with Crippen LogP contribution in [0.1, 0.15) is 25.8 Å². The van der Waals surface area contributed by atoms with Crippen molar-refractivity contribution in [3.8, 4) is 0 Å². The number of hydrogen-bond acceptors (Lipinski definition) is 4. The molecule has 0 amide bonds. The fourth-order valence-electron chi connectivity index (χ4n) is 2.74. The average Bonchev–Trinajstić information content (AvgIpc) is 2.79. The zero-order valence-corrected chi connectivity index (χ0v) is 12.3. The lowest BCUT2D eigenvalue weighted by Crippen LogP contribution is -2.27. The number of anilines is 1. The van der Waals surface area contributed by atoms with Crippen molar-refractivity contribution in [1.82, 2.24) is 9.88 Å². The third-order valence-corrected chi connectivity index (χ3v) is 4.18. The Labute approximate surface area is 116 Å². The van der Waals surface area contributed by atoms with Crippen LogP contribution in [0.3, 0.4) is 0 Å². The first-order chi connectivity index (χ1) is 9.13. The highest BCUT2D eigenvalue weighted by Gasteiger charge is 2.27. The maximum absolute atomic E-state index is 5.78. The van der Waals surface area contributed by atoms with Crippen molar-refractivity contribution in [2.24, 2.45) is 11.7 Å². The molecule has 2 N–H and O–H groups in total. The molecule has 1 aromatic heterocycles. The van der Waals surface area contributed by atoms with Gasteiger partial charge in [0.1, 0.15) is 5.82 Å². The van der Waals surface area contributed by atoms with Crippen LogP contribution in [0.25, 0.3) is 0 Å². The van der Waals surface area contributed by atoms with Gasteiger partial charge in [0.15, 0.2) is 0 Å². The fourth-order valence-corrected chi connectivity index (χ4v) is 2.74. The fraction of sp³-hybridized carbons (Fsp3) is 0.667. The molecular weight excluding hydrogens is 236 g/mol. The van der Waals surface area contributed by atoms with Gasteiger partial charge in [0.05, 0.1) is 0 Å². The first kappa shape index (κ1) is 14.3. The van der Waals surface area contributed by atoms with Crippen LogP contribution in [-0.2, 0) is 6.54 Å². The first-order valence-electron chi connectivity index (χ1n) is 7.24. The Morgan fingerprint density at radius 2 is 2.26 bits per heavy atom. The van der Waals surface area contributed by atoms with Crippen LogP contribution in [0.15, 0.2) is 18.3 Å². The quantitative estimate of drug-likeness (QED) is 0.877. The number of hydrogen-bond donors (Lipinski definition) is 1. The standard InChI is InChI=1S/C15H26N4/c1-4-18(3)15-6-5-13(9-17-15)10-19-11-14(8-16)7-12(19)2/h5-6,9,12,14H,4,7-8,10-11,16H2,1-3H3. The van der Waals surface area contributed by atoms with Crippen LogP contribution >= 0.6 is 0 Å². The van der Waals surface area contributed by atoms with Crippen LogP contribution in [0.4, 0.5) is 5.82 Å². The first-order valence-corrected chi connectivity index (χ1v) is 7.24. The van der Waals surface area contributed by atoms with Crippen LogP contribution < -0.4 is 10.6 Å². The molecule has 2 heterocycles. The second kappa shape index (κ2) is 6.35. The van der Waals surface area contributed by atoms with Crippen LogP contribution in [0.2, 0.25) is 0 Å². The minimum atomic E-state index is 0.631. The lowest BCUT2D eigenvalue weighted by molar-refractivity contribution is 0.255. The van der Waals surface area contributed by atoms with Crippen molar-refractivity contribution < 1.29 is 0 Å². The zero-order chi connectivity index (χ0) is 13.8. The Morgan fingerprint density at radius 3 is 2.79 bits per heavy atom. The minimum Gasteiger partial charge on any atom is -0.360 e. The molecule has 1 saturated heterocycles. The second-order valence-corrected chi connectivity index (χ2v) is 5.65. The number of nitrogens with two attached hydrogens (primary N) is 1. The van der Waals surface area contributed by atoms with E-state index < -0.39 is 0 Å². The van der Waals surface area contributed by atoms with E-state index in [1.807, 2.05) is 6.20 Å². The molecule has 106 valence electrons. The Morgan fingerprint density at radius 1 is 1.47 bits per heavy atom. The molecule has 4 heteroatoms. The van der Waals surface area contributed by atoms with Crippen LogP contribution in [0, 0.1) is 5.92 Å². The van der Waals surface area contributed by atoms with E-state index in [1.54, 1.807) is 0 Å². The summed E-state index contributed by atoms with van der Waals surface area (Å²) in [6, 6.07) is 4.93. The molecule has 0 saturated carbocycles. The molecule has 0 aromatic carbocycles. The maximum Gasteiger partial charge on any atom is 0.128 e. The number of aromatic nitrogens is 1. The highest BCUT2D eigenvalue weighted by Crippen LogP contribution is 2.24. The summed E-state index contributed by atoms with van der Waals surface area (Å²) in [7, 11) is 2.07. The summed E-state index contributed by atoms with van der Waals surface area (Å²) >= 11 is 0. The third-order valence-electron chi connectivity index (χ3n) is 4.18. The van der Waals surface area contributed by atoms with Crippen molar-refractivity contribution in [1.29, 1.82) is 0 Å². The van der Waals surface area contributed by atoms with Crippen LogP contribution in [0.5, 0.6) is 0 Å². The lowest BCUT2D eigenvalue weighted by Gasteiger charge is -2.21. The van der Waals surface area contributed by atoms with E-state index >= 15 is 0 Å². The van der Waals surface area contributed by atoms with E-state index in [9.17, 15) is 0 Å². The summed E-state index contributed by atoms with van der Waals surface area (Å²) in [5, 5.41) is 0. The summed E-state index contributed by atoms with van der Waals surface area (Å²) in [4.78, 5) is 9.19. The normalized spacial score (nSPS) is 23.8. The van der Waals surface area contributed by atoms with E-state index in [0.29, 0.717) is 12.0 Å². The van der Waals surface area contributed by atoms with Crippen molar-refractivity contribution in [3.05, 3.63) is 23.9 Å². The van der Waals surface area contributed by atoms with E-state index in [-0.39, 0.29) is 0 Å². The Kier molecular flexibility index (Phi) is 4.77. The summed E-state index contributed by atoms with van der Waals surface area (Å²) in [5.74, 6) is 1.70. The number of rotatable bonds is 5.